The summed E-state index contributed by atoms with van der Waals surface area (Å²) in [5, 5.41) is 0. The second-order valence-corrected chi connectivity index (χ2v) is 4.22. The molecule has 3 rings (SSSR count). The van der Waals surface area contributed by atoms with Crippen molar-refractivity contribution >= 4 is 11.2 Å². The molecule has 2 heterocycles. The third-order valence-electron chi connectivity index (χ3n) is 2.64. The van der Waals surface area contributed by atoms with Gasteiger partial charge in [-0.3, -0.25) is 0 Å². The summed E-state index contributed by atoms with van der Waals surface area (Å²) in [4.78, 5) is 8.58. The van der Waals surface area contributed by atoms with Gasteiger partial charge in [-0.05, 0) is 38.1 Å². The van der Waals surface area contributed by atoms with Crippen LogP contribution < -0.4 is 0 Å². The predicted octanol–water partition coefficient (Wildman–Crippen LogP) is 3.51. The number of nitrogens with zero attached hydrogens (tertiary/aromatic N) is 2. The molecule has 0 fully saturated rings. The Labute approximate surface area is 99.1 Å². The molecule has 1 aromatic carbocycles. The summed E-state index contributed by atoms with van der Waals surface area (Å²) in [6, 6.07) is 10.0. The summed E-state index contributed by atoms with van der Waals surface area (Å²) in [6.45, 7) is 4.13. The number of hydrogen-bond acceptors (Lipinski definition) is 3. The molecule has 84 valence electrons. The molecule has 0 radical (unpaired) electrons. The molecule has 17 heavy (non-hydrogen) atoms. The van der Waals surface area contributed by atoms with Gasteiger partial charge in [0.05, 0.1) is 0 Å². The van der Waals surface area contributed by atoms with Crippen molar-refractivity contribution in [3.05, 3.63) is 47.7 Å². The first-order chi connectivity index (χ1) is 8.22. The van der Waals surface area contributed by atoms with Crippen molar-refractivity contribution in [2.45, 2.75) is 13.8 Å². The van der Waals surface area contributed by atoms with Crippen molar-refractivity contribution in [3.63, 3.8) is 0 Å². The lowest BCUT2D eigenvalue weighted by Crippen LogP contribution is -1.82. The van der Waals surface area contributed by atoms with Crippen molar-refractivity contribution in [3.8, 4) is 11.5 Å². The Morgan fingerprint density at radius 1 is 1.06 bits per heavy atom. The van der Waals surface area contributed by atoms with Crippen LogP contribution in [0, 0.1) is 13.8 Å². The Balaban J connectivity index is 2.20. The molecule has 2 aromatic heterocycles. The number of rotatable bonds is 1. The van der Waals surface area contributed by atoms with Crippen LogP contribution in [0.3, 0.4) is 0 Å². The molecule has 0 spiro atoms. The maximum Gasteiger partial charge on any atom is 0.247 e. The van der Waals surface area contributed by atoms with Gasteiger partial charge in [0.1, 0.15) is 5.52 Å². The number of oxazole rings is 1. The van der Waals surface area contributed by atoms with Gasteiger partial charge in [-0.25, -0.2) is 9.97 Å². The molecule has 0 saturated carbocycles. The zero-order valence-corrected chi connectivity index (χ0v) is 9.77. The number of aromatic nitrogens is 2. The molecular formula is C14H12N2O. The van der Waals surface area contributed by atoms with Crippen LogP contribution in [-0.2, 0) is 0 Å². The van der Waals surface area contributed by atoms with Crippen LogP contribution in [0.25, 0.3) is 22.7 Å². The van der Waals surface area contributed by atoms with Crippen LogP contribution in [0.4, 0.5) is 0 Å². The van der Waals surface area contributed by atoms with E-state index >= 15 is 0 Å². The first kappa shape index (κ1) is 10.0. The van der Waals surface area contributed by atoms with E-state index in [2.05, 4.69) is 42.0 Å². The van der Waals surface area contributed by atoms with Gasteiger partial charge < -0.3 is 4.42 Å². The Morgan fingerprint density at radius 3 is 2.53 bits per heavy atom. The monoisotopic (exact) mass is 224 g/mol. The van der Waals surface area contributed by atoms with Gasteiger partial charge in [0, 0.05) is 11.8 Å². The maximum absolute atomic E-state index is 5.64. The largest absolute Gasteiger partial charge is 0.418 e. The van der Waals surface area contributed by atoms with Gasteiger partial charge in [0.2, 0.25) is 11.6 Å². The number of hydrogen-bond donors (Lipinski definition) is 0. The maximum atomic E-state index is 5.64. The lowest BCUT2D eigenvalue weighted by atomic mass is 10.1. The average molecular weight is 224 g/mol. The predicted molar refractivity (Wildman–Crippen MR) is 66.7 cm³/mol. The molecule has 3 aromatic rings. The molecule has 3 heteroatoms. The van der Waals surface area contributed by atoms with Crippen molar-refractivity contribution in [1.29, 1.82) is 0 Å². The van der Waals surface area contributed by atoms with E-state index in [-0.39, 0.29) is 0 Å². The van der Waals surface area contributed by atoms with E-state index < -0.39 is 0 Å². The molecular weight excluding hydrogens is 212 g/mol. The first-order valence-corrected chi connectivity index (χ1v) is 5.52. The van der Waals surface area contributed by atoms with Gasteiger partial charge >= 0.3 is 0 Å². The molecule has 0 N–H and O–H groups in total. The van der Waals surface area contributed by atoms with Crippen LogP contribution in [0.15, 0.2) is 40.9 Å². The summed E-state index contributed by atoms with van der Waals surface area (Å²) in [7, 11) is 0. The van der Waals surface area contributed by atoms with Crippen molar-refractivity contribution in [2.24, 2.45) is 0 Å². The zero-order valence-electron chi connectivity index (χ0n) is 9.77. The highest BCUT2D eigenvalue weighted by atomic mass is 16.4. The molecule has 0 atom stereocenters. The summed E-state index contributed by atoms with van der Waals surface area (Å²) < 4.78 is 5.64. The van der Waals surface area contributed by atoms with Gasteiger partial charge in [-0.1, -0.05) is 17.2 Å². The SMILES string of the molecule is Cc1cc(C)cc(-c2nc3cccnc3o2)c1. The van der Waals surface area contributed by atoms with E-state index in [0.717, 1.165) is 11.1 Å². The number of fused-ring (bicyclic) bond motifs is 1. The minimum atomic E-state index is 0.585. The normalized spacial score (nSPS) is 10.9. The molecule has 0 unspecified atom stereocenters. The summed E-state index contributed by atoms with van der Waals surface area (Å²) in [5.74, 6) is 0.630. The Bertz CT molecular complexity index is 632. The van der Waals surface area contributed by atoms with E-state index in [1.54, 1.807) is 6.20 Å². The van der Waals surface area contributed by atoms with E-state index in [0.29, 0.717) is 11.6 Å². The minimum Gasteiger partial charge on any atom is -0.418 e. The third kappa shape index (κ3) is 1.80. The van der Waals surface area contributed by atoms with Crippen molar-refractivity contribution < 1.29 is 4.42 Å². The summed E-state index contributed by atoms with van der Waals surface area (Å²) >= 11 is 0. The fourth-order valence-electron chi connectivity index (χ4n) is 1.99. The highest BCUT2D eigenvalue weighted by Gasteiger charge is 2.08. The fourth-order valence-corrected chi connectivity index (χ4v) is 1.99. The smallest absolute Gasteiger partial charge is 0.247 e. The second-order valence-electron chi connectivity index (χ2n) is 4.22. The Kier molecular flexibility index (Phi) is 2.18. The van der Waals surface area contributed by atoms with Gasteiger partial charge in [0.25, 0.3) is 0 Å². The lowest BCUT2D eigenvalue weighted by molar-refractivity contribution is 0.607. The fraction of sp³-hybridized carbons (Fsp3) is 0.143. The Hall–Kier alpha value is -2.16. The zero-order chi connectivity index (χ0) is 11.8. The molecule has 0 aliphatic heterocycles. The van der Waals surface area contributed by atoms with Crippen LogP contribution in [0.2, 0.25) is 0 Å². The van der Waals surface area contributed by atoms with E-state index in [9.17, 15) is 0 Å². The summed E-state index contributed by atoms with van der Waals surface area (Å²) in [5.41, 5.74) is 4.79. The lowest BCUT2D eigenvalue weighted by Gasteiger charge is -2.00. The highest BCUT2D eigenvalue weighted by Crippen LogP contribution is 2.24. The van der Waals surface area contributed by atoms with Crippen LogP contribution in [0.1, 0.15) is 11.1 Å². The van der Waals surface area contributed by atoms with Gasteiger partial charge in [-0.15, -0.1) is 0 Å². The van der Waals surface area contributed by atoms with Crippen molar-refractivity contribution in [2.75, 3.05) is 0 Å². The highest BCUT2D eigenvalue weighted by molar-refractivity contribution is 5.72. The Morgan fingerprint density at radius 2 is 1.82 bits per heavy atom. The summed E-state index contributed by atoms with van der Waals surface area (Å²) in [6.07, 6.45) is 1.71. The molecule has 0 aliphatic rings. The minimum absolute atomic E-state index is 0.585. The van der Waals surface area contributed by atoms with Crippen molar-refractivity contribution in [1.82, 2.24) is 9.97 Å². The molecule has 0 saturated heterocycles. The van der Waals surface area contributed by atoms with Crippen LogP contribution in [-0.4, -0.2) is 9.97 Å². The van der Waals surface area contributed by atoms with Crippen LogP contribution in [0.5, 0.6) is 0 Å². The van der Waals surface area contributed by atoms with Gasteiger partial charge in [0.15, 0.2) is 0 Å². The van der Waals surface area contributed by atoms with Gasteiger partial charge in [-0.2, -0.15) is 0 Å². The number of pyridine rings is 1. The van der Waals surface area contributed by atoms with E-state index in [1.807, 2.05) is 12.1 Å². The first-order valence-electron chi connectivity index (χ1n) is 5.52. The molecule has 0 amide bonds. The number of aryl methyl sites for hydroxylation is 2. The number of benzene rings is 1. The van der Waals surface area contributed by atoms with E-state index in [4.69, 9.17) is 4.42 Å². The topological polar surface area (TPSA) is 38.9 Å². The van der Waals surface area contributed by atoms with Crippen LogP contribution >= 0.6 is 0 Å². The standard InChI is InChI=1S/C14H12N2O/c1-9-6-10(2)8-11(7-9)13-16-12-4-3-5-15-14(12)17-13/h3-8H,1-2H3. The second kappa shape index (κ2) is 3.70. The molecule has 0 aliphatic carbocycles. The average Bonchev–Trinajstić information content (AvgIpc) is 2.71. The molecule has 3 nitrogen and oxygen atoms in total. The quantitative estimate of drug-likeness (QED) is 0.635. The molecule has 0 bridgehead atoms. The third-order valence-corrected chi connectivity index (χ3v) is 2.64. The van der Waals surface area contributed by atoms with E-state index in [1.165, 1.54) is 11.1 Å².